The van der Waals surface area contributed by atoms with Crippen molar-refractivity contribution in [2.45, 2.75) is 39.3 Å². The fourth-order valence-electron chi connectivity index (χ4n) is 2.68. The van der Waals surface area contributed by atoms with Gasteiger partial charge in [0.05, 0.1) is 4.92 Å². The quantitative estimate of drug-likeness (QED) is 0.637. The summed E-state index contributed by atoms with van der Waals surface area (Å²) in [5, 5.41) is 20.1. The van der Waals surface area contributed by atoms with Crippen molar-refractivity contribution in [1.29, 1.82) is 0 Å². The average Bonchev–Trinajstić information content (AvgIpc) is 2.52. The molecule has 0 bridgehead atoms. The number of aromatic nitrogens is 1. The van der Waals surface area contributed by atoms with Gasteiger partial charge in [-0.3, -0.25) is 10.1 Å². The van der Waals surface area contributed by atoms with E-state index in [-0.39, 0.29) is 6.04 Å². The lowest BCUT2D eigenvalue weighted by Crippen LogP contribution is -2.55. The Balaban J connectivity index is 2.16. The van der Waals surface area contributed by atoms with Gasteiger partial charge in [-0.25, -0.2) is 14.6 Å². The summed E-state index contributed by atoms with van der Waals surface area (Å²) in [5.41, 5.74) is -1.56. The molecule has 142 valence electrons. The Morgan fingerprint density at radius 3 is 2.54 bits per heavy atom. The first kappa shape index (κ1) is 19.4. The van der Waals surface area contributed by atoms with Crippen molar-refractivity contribution in [1.82, 2.24) is 9.88 Å². The zero-order valence-corrected chi connectivity index (χ0v) is 15.1. The van der Waals surface area contributed by atoms with Crippen molar-refractivity contribution < 1.29 is 24.4 Å². The molecular formula is C16H22N4O6. The summed E-state index contributed by atoms with van der Waals surface area (Å²) >= 11 is 0. The first-order valence-electron chi connectivity index (χ1n) is 8.12. The first-order valence-corrected chi connectivity index (χ1v) is 8.12. The summed E-state index contributed by atoms with van der Waals surface area (Å²) in [6, 6.07) is 1.000. The molecule has 1 aromatic heterocycles. The zero-order valence-electron chi connectivity index (χ0n) is 15.1. The van der Waals surface area contributed by atoms with Crippen molar-refractivity contribution in [3.05, 3.63) is 27.9 Å². The van der Waals surface area contributed by atoms with Crippen LogP contribution >= 0.6 is 0 Å². The van der Waals surface area contributed by atoms with Crippen molar-refractivity contribution >= 4 is 23.6 Å². The molecule has 0 radical (unpaired) electrons. The van der Waals surface area contributed by atoms with Crippen LogP contribution in [-0.2, 0) is 4.74 Å². The Morgan fingerprint density at radius 2 is 2.04 bits per heavy atom. The number of pyridine rings is 1. The Labute approximate surface area is 150 Å². The lowest BCUT2D eigenvalue weighted by atomic mass is 10.1. The van der Waals surface area contributed by atoms with Crippen LogP contribution in [0.25, 0.3) is 0 Å². The second kappa shape index (κ2) is 7.14. The Morgan fingerprint density at radius 1 is 1.38 bits per heavy atom. The van der Waals surface area contributed by atoms with Gasteiger partial charge in [-0.15, -0.1) is 0 Å². The number of hydrogen-bond donors (Lipinski definition) is 1. The number of nitrogens with zero attached hydrogens (tertiary/aromatic N) is 4. The molecule has 0 spiro atoms. The fraction of sp³-hybridized carbons (Fsp3) is 0.562. The molecule has 1 atom stereocenters. The van der Waals surface area contributed by atoms with E-state index in [9.17, 15) is 24.8 Å². The number of piperazine rings is 1. The molecule has 1 aliphatic rings. The van der Waals surface area contributed by atoms with Gasteiger partial charge in [-0.1, -0.05) is 0 Å². The number of hydrogen-bond acceptors (Lipinski definition) is 7. The van der Waals surface area contributed by atoms with E-state index in [1.54, 1.807) is 30.6 Å². The van der Waals surface area contributed by atoms with E-state index in [1.165, 1.54) is 6.07 Å². The minimum Gasteiger partial charge on any atom is -0.477 e. The Kier molecular flexibility index (Phi) is 5.33. The molecule has 1 aromatic rings. The Bertz CT molecular complexity index is 730. The molecule has 26 heavy (non-hydrogen) atoms. The predicted molar refractivity (Wildman–Crippen MR) is 92.5 cm³/mol. The third-order valence-electron chi connectivity index (χ3n) is 3.88. The van der Waals surface area contributed by atoms with Gasteiger partial charge in [0.2, 0.25) is 0 Å². The van der Waals surface area contributed by atoms with Gasteiger partial charge < -0.3 is 19.6 Å². The highest BCUT2D eigenvalue weighted by molar-refractivity contribution is 5.93. The number of carboxylic acid groups (broad SMARTS) is 1. The summed E-state index contributed by atoms with van der Waals surface area (Å²) < 4.78 is 5.38. The van der Waals surface area contributed by atoms with E-state index >= 15 is 0 Å². The van der Waals surface area contributed by atoms with Crippen molar-refractivity contribution in [2.24, 2.45) is 0 Å². The number of rotatable bonds is 3. The summed E-state index contributed by atoms with van der Waals surface area (Å²) in [4.78, 5) is 41.1. The molecule has 2 heterocycles. The van der Waals surface area contributed by atoms with Crippen LogP contribution in [0.5, 0.6) is 0 Å². The minimum absolute atomic E-state index is 0.191. The van der Waals surface area contributed by atoms with Gasteiger partial charge in [-0.2, -0.15) is 0 Å². The fourth-order valence-corrected chi connectivity index (χ4v) is 2.68. The molecule has 0 aromatic carbocycles. The lowest BCUT2D eigenvalue weighted by molar-refractivity contribution is -0.385. The van der Waals surface area contributed by atoms with Crippen LogP contribution in [-0.4, -0.2) is 63.3 Å². The number of nitro groups is 1. The van der Waals surface area contributed by atoms with Crippen LogP contribution in [0.4, 0.5) is 16.3 Å². The van der Waals surface area contributed by atoms with Crippen LogP contribution in [0.1, 0.15) is 38.1 Å². The number of amides is 1. The first-order chi connectivity index (χ1) is 12.0. The standard InChI is InChI=1S/C16H22N4O6/c1-10-9-18(5-6-19(10)15(23)26-16(2,3)4)13-7-11(14(21)22)12(8-17-13)20(24)25/h7-8,10H,5-6,9H2,1-4H3,(H,21,22). The maximum atomic E-state index is 12.2. The van der Waals surface area contributed by atoms with Gasteiger partial charge in [0.1, 0.15) is 23.2 Å². The molecule has 1 amide bonds. The second-order valence-electron chi connectivity index (χ2n) is 7.09. The second-order valence-corrected chi connectivity index (χ2v) is 7.09. The van der Waals surface area contributed by atoms with Gasteiger partial charge in [0, 0.05) is 31.7 Å². The molecule has 2 rings (SSSR count). The number of carbonyl (C=O) groups is 2. The summed E-state index contributed by atoms with van der Waals surface area (Å²) in [6.45, 7) is 8.41. The smallest absolute Gasteiger partial charge is 0.410 e. The van der Waals surface area contributed by atoms with Gasteiger partial charge in [0.15, 0.2) is 0 Å². The molecule has 1 unspecified atom stereocenters. The topological polar surface area (TPSA) is 126 Å². The highest BCUT2D eigenvalue weighted by atomic mass is 16.6. The van der Waals surface area contributed by atoms with Gasteiger partial charge >= 0.3 is 17.7 Å². The third-order valence-corrected chi connectivity index (χ3v) is 3.88. The van der Waals surface area contributed by atoms with Gasteiger partial charge in [0.25, 0.3) is 0 Å². The molecule has 1 aliphatic heterocycles. The minimum atomic E-state index is -1.39. The largest absolute Gasteiger partial charge is 0.477 e. The summed E-state index contributed by atoms with van der Waals surface area (Å²) in [7, 11) is 0. The maximum absolute atomic E-state index is 12.2. The van der Waals surface area contributed by atoms with Crippen LogP contribution in [0, 0.1) is 10.1 Å². The SMILES string of the molecule is CC1CN(c2cc(C(=O)O)c([N+](=O)[O-])cn2)CCN1C(=O)OC(C)(C)C. The Hall–Kier alpha value is -2.91. The molecule has 0 saturated carbocycles. The van der Waals surface area contributed by atoms with Crippen molar-refractivity contribution in [3.63, 3.8) is 0 Å². The van der Waals surface area contributed by atoms with E-state index in [0.717, 1.165) is 6.20 Å². The highest BCUT2D eigenvalue weighted by Crippen LogP contribution is 2.25. The van der Waals surface area contributed by atoms with Crippen LogP contribution in [0.2, 0.25) is 0 Å². The van der Waals surface area contributed by atoms with E-state index < -0.39 is 33.8 Å². The molecule has 1 saturated heterocycles. The lowest BCUT2D eigenvalue weighted by Gasteiger charge is -2.40. The van der Waals surface area contributed by atoms with Gasteiger partial charge in [-0.05, 0) is 27.7 Å². The monoisotopic (exact) mass is 366 g/mol. The van der Waals surface area contributed by atoms with Crippen LogP contribution < -0.4 is 4.90 Å². The van der Waals surface area contributed by atoms with E-state index in [4.69, 9.17) is 4.74 Å². The van der Waals surface area contributed by atoms with E-state index in [1.807, 2.05) is 6.92 Å². The molecule has 10 nitrogen and oxygen atoms in total. The average molecular weight is 366 g/mol. The number of carboxylic acids is 1. The van der Waals surface area contributed by atoms with Crippen LogP contribution in [0.15, 0.2) is 12.3 Å². The molecule has 10 heteroatoms. The highest BCUT2D eigenvalue weighted by Gasteiger charge is 2.32. The van der Waals surface area contributed by atoms with Crippen molar-refractivity contribution in [3.8, 4) is 0 Å². The number of ether oxygens (including phenoxy) is 1. The molecule has 1 fully saturated rings. The van der Waals surface area contributed by atoms with Crippen LogP contribution in [0.3, 0.4) is 0 Å². The third kappa shape index (κ3) is 4.38. The maximum Gasteiger partial charge on any atom is 0.410 e. The van der Waals surface area contributed by atoms with E-state index in [0.29, 0.717) is 25.5 Å². The molecular weight excluding hydrogens is 344 g/mol. The van der Waals surface area contributed by atoms with Crippen molar-refractivity contribution in [2.75, 3.05) is 24.5 Å². The summed E-state index contributed by atoms with van der Waals surface area (Å²) in [5.74, 6) is -1.07. The number of aromatic carboxylic acids is 1. The summed E-state index contributed by atoms with van der Waals surface area (Å²) in [6.07, 6.45) is 0.538. The normalized spacial score (nSPS) is 17.8. The predicted octanol–water partition coefficient (Wildman–Crippen LogP) is 2.13. The molecule has 0 aliphatic carbocycles. The zero-order chi connectivity index (χ0) is 19.6. The number of carbonyl (C=O) groups excluding carboxylic acids is 1. The number of anilines is 1. The van der Waals surface area contributed by atoms with E-state index in [2.05, 4.69) is 4.98 Å². The molecule has 1 N–H and O–H groups in total.